The molecule has 0 unspecified atom stereocenters. The average molecular weight is 391 g/mol. The number of alkyl halides is 3. The van der Waals surface area contributed by atoms with Gasteiger partial charge in [0.1, 0.15) is 0 Å². The molecule has 0 amide bonds. The van der Waals surface area contributed by atoms with E-state index in [4.69, 9.17) is 4.84 Å². The summed E-state index contributed by atoms with van der Waals surface area (Å²) in [5, 5.41) is 0. The molecule has 0 radical (unpaired) electrons. The molecule has 0 fully saturated rings. The minimum Gasteiger partial charge on any atom is -0.273 e. The van der Waals surface area contributed by atoms with E-state index in [1.807, 2.05) is 0 Å². The van der Waals surface area contributed by atoms with Crippen LogP contribution in [0.4, 0.5) is 13.2 Å². The van der Waals surface area contributed by atoms with Gasteiger partial charge in [0.15, 0.2) is 0 Å². The highest BCUT2D eigenvalue weighted by atomic mass is 32.3. The first-order valence-electron chi connectivity index (χ1n) is 7.34. The summed E-state index contributed by atoms with van der Waals surface area (Å²) in [6, 6.07) is 12.2. The van der Waals surface area contributed by atoms with Crippen LogP contribution in [-0.4, -0.2) is 18.9 Å². The summed E-state index contributed by atoms with van der Waals surface area (Å²) in [6.07, 6.45) is -4.10. The lowest BCUT2D eigenvalue weighted by molar-refractivity contribution is -0.139. The van der Waals surface area contributed by atoms with Crippen LogP contribution in [0.3, 0.4) is 0 Å². The van der Waals surface area contributed by atoms with E-state index in [2.05, 4.69) is 0 Å². The van der Waals surface area contributed by atoms with Crippen molar-refractivity contribution in [3.8, 4) is 0 Å². The molecule has 25 heavy (non-hydrogen) atoms. The average Bonchev–Trinajstić information content (AvgIpc) is 2.58. The van der Waals surface area contributed by atoms with Gasteiger partial charge in [-0.1, -0.05) is 37.3 Å². The van der Waals surface area contributed by atoms with Gasteiger partial charge >= 0.3 is 6.18 Å². The third-order valence-corrected chi connectivity index (χ3v) is 5.99. The molecule has 2 rings (SSSR count). The molecule has 0 aliphatic rings. The monoisotopic (exact) mass is 391 g/mol. The molecule has 0 aliphatic heterocycles. The van der Waals surface area contributed by atoms with Gasteiger partial charge in [0.2, 0.25) is 0 Å². The van der Waals surface area contributed by atoms with Crippen molar-refractivity contribution in [3.05, 3.63) is 60.2 Å². The molecule has 0 atom stereocenters. The molecule has 0 spiro atoms. The number of sulfonamides is 1. The summed E-state index contributed by atoms with van der Waals surface area (Å²) < 4.78 is 65.4. The molecule has 0 N–H and O–H groups in total. The Morgan fingerprint density at radius 2 is 1.64 bits per heavy atom. The predicted molar refractivity (Wildman–Crippen MR) is 89.0 cm³/mol. The summed E-state index contributed by atoms with van der Waals surface area (Å²) in [6.45, 7) is 1.81. The molecule has 0 aliphatic carbocycles. The summed E-state index contributed by atoms with van der Waals surface area (Å²) in [5.41, 5.74) is -0.923. The third-order valence-electron chi connectivity index (χ3n) is 3.00. The Kier molecular flexibility index (Phi) is 6.50. The molecule has 0 heterocycles. The van der Waals surface area contributed by atoms with Gasteiger partial charge in [0, 0.05) is 16.8 Å². The van der Waals surface area contributed by atoms with Crippen LogP contribution < -0.4 is 0 Å². The highest BCUT2D eigenvalue weighted by Gasteiger charge is 2.36. The lowest BCUT2D eigenvalue weighted by Gasteiger charge is -2.21. The van der Waals surface area contributed by atoms with Crippen molar-refractivity contribution in [2.45, 2.75) is 29.3 Å². The van der Waals surface area contributed by atoms with Crippen molar-refractivity contribution in [2.75, 3.05) is 6.61 Å². The van der Waals surface area contributed by atoms with Gasteiger partial charge in [0.05, 0.1) is 17.1 Å². The van der Waals surface area contributed by atoms with E-state index in [9.17, 15) is 21.6 Å². The van der Waals surface area contributed by atoms with E-state index >= 15 is 0 Å². The van der Waals surface area contributed by atoms with Gasteiger partial charge in [-0.25, -0.2) is 8.42 Å². The van der Waals surface area contributed by atoms with Crippen molar-refractivity contribution in [2.24, 2.45) is 0 Å². The van der Waals surface area contributed by atoms with E-state index in [0.29, 0.717) is 22.2 Å². The maximum atomic E-state index is 13.1. The fourth-order valence-electron chi connectivity index (χ4n) is 1.85. The Bertz CT molecular complexity index is 796. The van der Waals surface area contributed by atoms with Crippen LogP contribution in [0, 0.1) is 0 Å². The number of hydrogen-bond acceptors (Lipinski definition) is 4. The van der Waals surface area contributed by atoms with E-state index in [1.165, 1.54) is 42.5 Å². The third kappa shape index (κ3) is 4.97. The normalized spacial score (nSPS) is 12.5. The minimum absolute atomic E-state index is 0.0489. The van der Waals surface area contributed by atoms with E-state index in [-0.39, 0.29) is 16.4 Å². The molecule has 0 saturated heterocycles. The zero-order valence-electron chi connectivity index (χ0n) is 13.2. The van der Waals surface area contributed by atoms with E-state index < -0.39 is 21.8 Å². The van der Waals surface area contributed by atoms with Crippen LogP contribution >= 0.6 is 11.9 Å². The van der Waals surface area contributed by atoms with Crippen molar-refractivity contribution >= 4 is 22.0 Å². The molecule has 136 valence electrons. The van der Waals surface area contributed by atoms with Crippen molar-refractivity contribution in [1.29, 1.82) is 0 Å². The second-order valence-corrected chi connectivity index (χ2v) is 7.87. The zero-order valence-corrected chi connectivity index (χ0v) is 14.9. The van der Waals surface area contributed by atoms with Crippen molar-refractivity contribution in [3.63, 3.8) is 0 Å². The number of nitrogens with zero attached hydrogens (tertiary/aromatic N) is 1. The molecule has 4 nitrogen and oxygen atoms in total. The number of rotatable bonds is 7. The van der Waals surface area contributed by atoms with Gasteiger partial charge in [-0.05, 0) is 34.6 Å². The molecule has 0 saturated carbocycles. The molecule has 2 aromatic carbocycles. The Balaban J connectivity index is 2.40. The topological polar surface area (TPSA) is 46.6 Å². The van der Waals surface area contributed by atoms with E-state index in [1.54, 1.807) is 13.0 Å². The first-order chi connectivity index (χ1) is 11.8. The van der Waals surface area contributed by atoms with Crippen LogP contribution in [0.15, 0.2) is 64.4 Å². The zero-order chi connectivity index (χ0) is 18.5. The Morgan fingerprint density at radius 1 is 1.04 bits per heavy atom. The molecular formula is C16H16F3NO3S2. The molecular weight excluding hydrogens is 375 g/mol. The van der Waals surface area contributed by atoms with Gasteiger partial charge in [-0.15, -0.1) is 0 Å². The second kappa shape index (κ2) is 8.22. The SMILES string of the molecule is CCCON(Sc1ccccc1C(F)(F)F)S(=O)(=O)c1ccccc1. The van der Waals surface area contributed by atoms with Gasteiger partial charge in [-0.2, -0.15) is 13.2 Å². The van der Waals surface area contributed by atoms with Crippen LogP contribution in [0.5, 0.6) is 0 Å². The van der Waals surface area contributed by atoms with Crippen LogP contribution in [0.1, 0.15) is 18.9 Å². The van der Waals surface area contributed by atoms with E-state index in [0.717, 1.165) is 6.07 Å². The lowest BCUT2D eigenvalue weighted by Crippen LogP contribution is -2.26. The summed E-state index contributed by atoms with van der Waals surface area (Å²) >= 11 is 0.387. The predicted octanol–water partition coefficient (Wildman–Crippen LogP) is 4.75. The second-order valence-electron chi connectivity index (χ2n) is 4.93. The number of halogens is 3. The van der Waals surface area contributed by atoms with Crippen molar-refractivity contribution in [1.82, 2.24) is 3.87 Å². The van der Waals surface area contributed by atoms with Crippen molar-refractivity contribution < 1.29 is 26.4 Å². The maximum Gasteiger partial charge on any atom is 0.417 e. The number of hydrogen-bond donors (Lipinski definition) is 0. The standard InChI is InChI=1S/C16H16F3NO3S2/c1-2-12-23-20(25(21,22)13-8-4-3-5-9-13)24-15-11-7-6-10-14(15)16(17,18)19/h3-11H,2,12H2,1H3. The quantitative estimate of drug-likeness (QED) is 0.505. The molecule has 9 heteroatoms. The van der Waals surface area contributed by atoms with Crippen LogP contribution in [0.25, 0.3) is 0 Å². The summed E-state index contributed by atoms with van der Waals surface area (Å²) in [5.74, 6) is 0. The fraction of sp³-hybridized carbons (Fsp3) is 0.250. The molecule has 0 aromatic heterocycles. The summed E-state index contributed by atoms with van der Waals surface area (Å²) in [7, 11) is -4.13. The first kappa shape index (κ1) is 19.8. The fourth-order valence-corrected chi connectivity index (χ4v) is 4.34. The highest BCUT2D eigenvalue weighted by Crippen LogP contribution is 2.39. The van der Waals surface area contributed by atoms with Gasteiger partial charge < -0.3 is 0 Å². The maximum absolute atomic E-state index is 13.1. The Hall–Kier alpha value is -1.55. The van der Waals surface area contributed by atoms with Crippen LogP contribution in [-0.2, 0) is 21.0 Å². The smallest absolute Gasteiger partial charge is 0.273 e. The van der Waals surface area contributed by atoms with Crippen LogP contribution in [0.2, 0.25) is 0 Å². The molecule has 2 aromatic rings. The Morgan fingerprint density at radius 3 is 2.24 bits per heavy atom. The largest absolute Gasteiger partial charge is 0.417 e. The van der Waals surface area contributed by atoms with Gasteiger partial charge in [-0.3, -0.25) is 4.84 Å². The Labute approximate surface area is 148 Å². The lowest BCUT2D eigenvalue weighted by atomic mass is 10.2. The summed E-state index contributed by atoms with van der Waals surface area (Å²) in [4.78, 5) is 4.90. The molecule has 0 bridgehead atoms. The minimum atomic E-state index is -4.60. The van der Waals surface area contributed by atoms with Gasteiger partial charge in [0.25, 0.3) is 10.0 Å². The highest BCUT2D eigenvalue weighted by molar-refractivity contribution is 8.08. The number of benzene rings is 2. The first-order valence-corrected chi connectivity index (χ1v) is 9.55.